The van der Waals surface area contributed by atoms with E-state index in [2.05, 4.69) is 4.90 Å². The van der Waals surface area contributed by atoms with Crippen molar-refractivity contribution in [2.75, 3.05) is 39.5 Å². The van der Waals surface area contributed by atoms with Gasteiger partial charge < -0.3 is 13.9 Å². The minimum absolute atomic E-state index is 0.334. The van der Waals surface area contributed by atoms with E-state index in [9.17, 15) is 4.79 Å². The lowest BCUT2D eigenvalue weighted by Crippen LogP contribution is -2.38. The van der Waals surface area contributed by atoms with E-state index >= 15 is 0 Å². The van der Waals surface area contributed by atoms with Crippen molar-refractivity contribution in [2.45, 2.75) is 6.42 Å². The molecule has 1 aliphatic rings. The minimum Gasteiger partial charge on any atom is -0.491 e. The van der Waals surface area contributed by atoms with Gasteiger partial charge in [-0.05, 0) is 17.7 Å². The van der Waals surface area contributed by atoms with Crippen LogP contribution in [0.3, 0.4) is 0 Å². The molecule has 3 aromatic rings. The summed E-state index contributed by atoms with van der Waals surface area (Å²) < 4.78 is 17.1. The van der Waals surface area contributed by atoms with Gasteiger partial charge in [-0.1, -0.05) is 42.5 Å². The van der Waals surface area contributed by atoms with Crippen LogP contribution in [0, 0.1) is 0 Å². The molecule has 1 saturated heterocycles. The fourth-order valence-electron chi connectivity index (χ4n) is 3.38. The number of benzene rings is 2. The Morgan fingerprint density at radius 2 is 1.70 bits per heavy atom. The predicted molar refractivity (Wildman–Crippen MR) is 104 cm³/mol. The quantitative estimate of drug-likeness (QED) is 0.629. The van der Waals surface area contributed by atoms with Crippen molar-refractivity contribution in [1.82, 2.24) is 4.90 Å². The van der Waals surface area contributed by atoms with Gasteiger partial charge in [0.2, 0.25) is 0 Å². The first-order valence-corrected chi connectivity index (χ1v) is 9.33. The highest BCUT2D eigenvalue weighted by Crippen LogP contribution is 2.29. The standard InChI is InChI=1S/C22H23NO4/c24-22-19(16-17-6-2-1-3-7-17)21(18-8-4-5-9-20(18)27-22)26-15-12-23-10-13-25-14-11-23/h1-9H,10-16H2. The highest BCUT2D eigenvalue weighted by atomic mass is 16.5. The van der Waals surface area contributed by atoms with E-state index in [0.717, 1.165) is 43.8 Å². The van der Waals surface area contributed by atoms with Gasteiger partial charge in [0.15, 0.2) is 0 Å². The minimum atomic E-state index is -0.334. The van der Waals surface area contributed by atoms with Crippen LogP contribution in [0.1, 0.15) is 11.1 Å². The molecular formula is C22H23NO4. The molecule has 0 spiro atoms. The summed E-state index contributed by atoms with van der Waals surface area (Å²) in [6.45, 7) is 4.68. The van der Waals surface area contributed by atoms with Crippen molar-refractivity contribution < 1.29 is 13.9 Å². The summed E-state index contributed by atoms with van der Waals surface area (Å²) in [6.07, 6.45) is 0.487. The largest absolute Gasteiger partial charge is 0.491 e. The third kappa shape index (κ3) is 4.21. The maximum Gasteiger partial charge on any atom is 0.343 e. The third-order valence-corrected chi connectivity index (χ3v) is 4.84. The van der Waals surface area contributed by atoms with Gasteiger partial charge in [0.1, 0.15) is 17.9 Å². The predicted octanol–water partition coefficient (Wildman–Crippen LogP) is 3.09. The van der Waals surface area contributed by atoms with Gasteiger partial charge in [-0.25, -0.2) is 4.79 Å². The van der Waals surface area contributed by atoms with E-state index in [-0.39, 0.29) is 5.63 Å². The van der Waals surface area contributed by atoms with Crippen molar-refractivity contribution in [2.24, 2.45) is 0 Å². The van der Waals surface area contributed by atoms with Gasteiger partial charge in [-0.15, -0.1) is 0 Å². The van der Waals surface area contributed by atoms with Crippen LogP contribution in [0.4, 0.5) is 0 Å². The summed E-state index contributed by atoms with van der Waals surface area (Å²) in [5.74, 6) is 0.638. The second-order valence-electron chi connectivity index (χ2n) is 6.66. The molecule has 5 nitrogen and oxygen atoms in total. The lowest BCUT2D eigenvalue weighted by molar-refractivity contribution is 0.0322. The Balaban J connectivity index is 1.62. The SMILES string of the molecule is O=c1oc2ccccc2c(OCCN2CCOCC2)c1Cc1ccccc1. The van der Waals surface area contributed by atoms with Crippen molar-refractivity contribution in [3.05, 3.63) is 76.1 Å². The maximum absolute atomic E-state index is 12.6. The first kappa shape index (κ1) is 17.8. The zero-order chi connectivity index (χ0) is 18.5. The number of nitrogens with zero attached hydrogens (tertiary/aromatic N) is 1. The zero-order valence-corrected chi connectivity index (χ0v) is 15.2. The number of fused-ring (bicyclic) bond motifs is 1. The molecule has 0 radical (unpaired) electrons. The molecule has 1 aromatic heterocycles. The summed E-state index contributed by atoms with van der Waals surface area (Å²) in [6, 6.07) is 17.5. The van der Waals surface area contributed by atoms with Crippen molar-refractivity contribution in [3.63, 3.8) is 0 Å². The lowest BCUT2D eigenvalue weighted by atomic mass is 10.0. The molecule has 0 unspecified atom stereocenters. The monoisotopic (exact) mass is 365 g/mol. The van der Waals surface area contributed by atoms with Gasteiger partial charge in [0, 0.05) is 26.1 Å². The second kappa shape index (κ2) is 8.37. The highest BCUT2D eigenvalue weighted by molar-refractivity contribution is 5.84. The molecule has 0 saturated carbocycles. The Morgan fingerprint density at radius 1 is 0.963 bits per heavy atom. The molecule has 0 bridgehead atoms. The molecule has 140 valence electrons. The molecule has 0 aliphatic carbocycles. The molecular weight excluding hydrogens is 342 g/mol. The van der Waals surface area contributed by atoms with Gasteiger partial charge >= 0.3 is 5.63 Å². The van der Waals surface area contributed by atoms with Gasteiger partial charge in [0.05, 0.1) is 24.2 Å². The van der Waals surface area contributed by atoms with Crippen LogP contribution < -0.4 is 10.4 Å². The van der Waals surface area contributed by atoms with Gasteiger partial charge in [-0.2, -0.15) is 0 Å². The fourth-order valence-corrected chi connectivity index (χ4v) is 3.38. The Morgan fingerprint density at radius 3 is 2.52 bits per heavy atom. The zero-order valence-electron chi connectivity index (χ0n) is 15.2. The normalized spacial score (nSPS) is 15.1. The lowest BCUT2D eigenvalue weighted by Gasteiger charge is -2.26. The second-order valence-corrected chi connectivity index (χ2v) is 6.66. The molecule has 27 heavy (non-hydrogen) atoms. The van der Waals surface area contributed by atoms with E-state index in [4.69, 9.17) is 13.9 Å². The average Bonchev–Trinajstić information content (AvgIpc) is 2.72. The summed E-state index contributed by atoms with van der Waals surface area (Å²) in [5, 5.41) is 0.838. The molecule has 1 aliphatic heterocycles. The molecule has 0 amide bonds. The molecule has 0 N–H and O–H groups in total. The van der Waals surface area contributed by atoms with E-state index in [1.165, 1.54) is 0 Å². The number of rotatable bonds is 6. The molecule has 4 rings (SSSR count). The Labute approximate surface area is 158 Å². The van der Waals surface area contributed by atoms with Crippen LogP contribution in [0.25, 0.3) is 11.0 Å². The van der Waals surface area contributed by atoms with Crippen LogP contribution in [0.15, 0.2) is 63.8 Å². The molecule has 0 atom stereocenters. The topological polar surface area (TPSA) is 51.9 Å². The molecule has 1 fully saturated rings. The third-order valence-electron chi connectivity index (χ3n) is 4.84. The molecule has 2 heterocycles. The van der Waals surface area contributed by atoms with Crippen LogP contribution in [0.5, 0.6) is 5.75 Å². The average molecular weight is 365 g/mol. The number of ether oxygens (including phenoxy) is 2. The number of para-hydroxylation sites is 1. The van der Waals surface area contributed by atoms with Crippen molar-refractivity contribution in [3.8, 4) is 5.75 Å². The summed E-state index contributed by atoms with van der Waals surface area (Å²) in [5.41, 5.74) is 1.85. The highest BCUT2D eigenvalue weighted by Gasteiger charge is 2.17. The summed E-state index contributed by atoms with van der Waals surface area (Å²) in [7, 11) is 0. The Hall–Kier alpha value is -2.63. The molecule has 2 aromatic carbocycles. The number of hydrogen-bond donors (Lipinski definition) is 0. The van der Waals surface area contributed by atoms with Crippen LogP contribution >= 0.6 is 0 Å². The Kier molecular flexibility index (Phi) is 5.51. The van der Waals surface area contributed by atoms with Gasteiger partial charge in [0.25, 0.3) is 0 Å². The maximum atomic E-state index is 12.6. The van der Waals surface area contributed by atoms with Crippen molar-refractivity contribution >= 4 is 11.0 Å². The van der Waals surface area contributed by atoms with Crippen LogP contribution in [0.2, 0.25) is 0 Å². The van der Waals surface area contributed by atoms with Crippen LogP contribution in [-0.4, -0.2) is 44.4 Å². The first-order valence-electron chi connectivity index (χ1n) is 9.33. The summed E-state index contributed by atoms with van der Waals surface area (Å²) in [4.78, 5) is 15.0. The van der Waals surface area contributed by atoms with Crippen molar-refractivity contribution in [1.29, 1.82) is 0 Å². The van der Waals surface area contributed by atoms with E-state index in [1.807, 2.05) is 48.5 Å². The van der Waals surface area contributed by atoms with E-state index in [1.54, 1.807) is 6.07 Å². The fraction of sp³-hybridized carbons (Fsp3) is 0.318. The summed E-state index contributed by atoms with van der Waals surface area (Å²) >= 11 is 0. The number of hydrogen-bond acceptors (Lipinski definition) is 5. The van der Waals surface area contributed by atoms with E-state index < -0.39 is 0 Å². The smallest absolute Gasteiger partial charge is 0.343 e. The Bertz CT molecular complexity index is 945. The molecule has 5 heteroatoms. The number of morpholine rings is 1. The first-order chi connectivity index (χ1) is 13.3. The van der Waals surface area contributed by atoms with Gasteiger partial charge in [-0.3, -0.25) is 4.90 Å². The van der Waals surface area contributed by atoms with Crippen LogP contribution in [-0.2, 0) is 11.2 Å². The van der Waals surface area contributed by atoms with E-state index in [0.29, 0.717) is 29.9 Å².